The minimum atomic E-state index is 0.167. The third-order valence-corrected chi connectivity index (χ3v) is 2.32. The first-order valence-corrected chi connectivity index (χ1v) is 4.50. The predicted octanol–water partition coefficient (Wildman–Crippen LogP) is 2.83. The predicted molar refractivity (Wildman–Crippen MR) is 55.3 cm³/mol. The summed E-state index contributed by atoms with van der Waals surface area (Å²) in [6, 6.07) is 8.69. The fraction of sp³-hybridized carbons (Fsp3) is 0.0833. The van der Waals surface area contributed by atoms with Crippen molar-refractivity contribution in [2.45, 2.75) is 6.92 Å². The van der Waals surface area contributed by atoms with Gasteiger partial charge in [-0.2, -0.15) is 5.26 Å². The molecule has 2 aromatic rings. The molecule has 0 bridgehead atoms. The van der Waals surface area contributed by atoms with E-state index in [1.165, 1.54) is 6.07 Å². The van der Waals surface area contributed by atoms with Gasteiger partial charge < -0.3 is 9.52 Å². The summed E-state index contributed by atoms with van der Waals surface area (Å²) >= 11 is 0. The third kappa shape index (κ3) is 1.46. The summed E-state index contributed by atoms with van der Waals surface area (Å²) in [4.78, 5) is 0. The van der Waals surface area contributed by atoms with Crippen molar-refractivity contribution < 1.29 is 9.52 Å². The number of benzene rings is 1. The van der Waals surface area contributed by atoms with Crippen LogP contribution in [-0.2, 0) is 0 Å². The van der Waals surface area contributed by atoms with E-state index in [-0.39, 0.29) is 5.75 Å². The molecule has 0 aliphatic rings. The quantitative estimate of drug-likeness (QED) is 0.768. The SMILES string of the molecule is Cc1c(O)ccc(C#N)c1-c1ccco1. The minimum absolute atomic E-state index is 0.167. The lowest BCUT2D eigenvalue weighted by molar-refractivity contribution is 0.471. The Morgan fingerprint density at radius 2 is 2.13 bits per heavy atom. The van der Waals surface area contributed by atoms with Crippen LogP contribution in [-0.4, -0.2) is 5.11 Å². The topological polar surface area (TPSA) is 57.2 Å². The Kier molecular flexibility index (Phi) is 2.18. The van der Waals surface area contributed by atoms with Crippen LogP contribution in [0.15, 0.2) is 34.9 Å². The van der Waals surface area contributed by atoms with Gasteiger partial charge in [0.25, 0.3) is 0 Å². The lowest BCUT2D eigenvalue weighted by atomic mass is 10.00. The lowest BCUT2D eigenvalue weighted by Crippen LogP contribution is -1.87. The molecule has 3 nitrogen and oxygen atoms in total. The van der Waals surface area contributed by atoms with Crippen LogP contribution in [0, 0.1) is 18.3 Å². The summed E-state index contributed by atoms with van der Waals surface area (Å²) in [5.74, 6) is 0.764. The number of phenolic OH excluding ortho intramolecular Hbond substituents is 1. The normalized spacial score (nSPS) is 9.87. The molecule has 0 amide bonds. The average Bonchev–Trinajstić information content (AvgIpc) is 2.75. The van der Waals surface area contributed by atoms with Crippen molar-refractivity contribution >= 4 is 0 Å². The summed E-state index contributed by atoms with van der Waals surface area (Å²) in [7, 11) is 0. The van der Waals surface area contributed by atoms with E-state index in [1.807, 2.05) is 0 Å². The lowest BCUT2D eigenvalue weighted by Gasteiger charge is -2.06. The number of furan rings is 1. The maximum Gasteiger partial charge on any atom is 0.135 e. The Balaban J connectivity index is 2.74. The molecule has 2 rings (SSSR count). The second kappa shape index (κ2) is 3.50. The monoisotopic (exact) mass is 199 g/mol. The van der Waals surface area contributed by atoms with Crippen LogP contribution >= 0.6 is 0 Å². The molecular weight excluding hydrogens is 190 g/mol. The maximum atomic E-state index is 9.57. The van der Waals surface area contributed by atoms with Crippen molar-refractivity contribution in [3.63, 3.8) is 0 Å². The zero-order valence-corrected chi connectivity index (χ0v) is 8.19. The highest BCUT2D eigenvalue weighted by Gasteiger charge is 2.13. The first-order valence-electron chi connectivity index (χ1n) is 4.50. The van der Waals surface area contributed by atoms with E-state index in [0.29, 0.717) is 22.5 Å². The van der Waals surface area contributed by atoms with Gasteiger partial charge in [-0.3, -0.25) is 0 Å². The molecule has 0 saturated heterocycles. The molecule has 1 N–H and O–H groups in total. The van der Waals surface area contributed by atoms with Crippen LogP contribution in [0.4, 0.5) is 0 Å². The zero-order chi connectivity index (χ0) is 10.8. The number of phenols is 1. The fourth-order valence-electron chi connectivity index (χ4n) is 1.53. The number of nitriles is 1. The molecule has 0 atom stereocenters. The zero-order valence-electron chi connectivity index (χ0n) is 8.19. The molecule has 3 heteroatoms. The molecule has 1 aromatic heterocycles. The van der Waals surface area contributed by atoms with Crippen molar-refractivity contribution in [2.75, 3.05) is 0 Å². The molecule has 0 aliphatic carbocycles. The van der Waals surface area contributed by atoms with E-state index in [0.717, 1.165) is 0 Å². The molecule has 1 heterocycles. The average molecular weight is 199 g/mol. The van der Waals surface area contributed by atoms with Crippen molar-refractivity contribution in [1.82, 2.24) is 0 Å². The molecule has 74 valence electrons. The summed E-state index contributed by atoms with van der Waals surface area (Å²) in [5, 5.41) is 18.5. The molecule has 0 radical (unpaired) electrons. The van der Waals surface area contributed by atoms with Crippen LogP contribution in [0.3, 0.4) is 0 Å². The summed E-state index contributed by atoms with van der Waals surface area (Å²) in [5.41, 5.74) is 1.81. The summed E-state index contributed by atoms with van der Waals surface area (Å²) < 4.78 is 5.24. The Labute approximate surface area is 87.2 Å². The molecular formula is C12H9NO2. The summed E-state index contributed by atoms with van der Waals surface area (Å²) in [6.45, 7) is 1.76. The van der Waals surface area contributed by atoms with Crippen LogP contribution in [0.5, 0.6) is 5.75 Å². The van der Waals surface area contributed by atoms with E-state index in [1.54, 1.807) is 31.4 Å². The summed E-state index contributed by atoms with van der Waals surface area (Å²) in [6.07, 6.45) is 1.54. The van der Waals surface area contributed by atoms with Gasteiger partial charge in [0.05, 0.1) is 17.9 Å². The van der Waals surface area contributed by atoms with E-state index in [9.17, 15) is 5.11 Å². The molecule has 1 aromatic carbocycles. The molecule has 0 unspecified atom stereocenters. The van der Waals surface area contributed by atoms with E-state index < -0.39 is 0 Å². The van der Waals surface area contributed by atoms with E-state index in [2.05, 4.69) is 6.07 Å². The highest BCUT2D eigenvalue weighted by atomic mass is 16.3. The second-order valence-corrected chi connectivity index (χ2v) is 3.22. The fourth-order valence-corrected chi connectivity index (χ4v) is 1.53. The van der Waals surface area contributed by atoms with Crippen LogP contribution in [0.1, 0.15) is 11.1 Å². The van der Waals surface area contributed by atoms with Gasteiger partial charge in [-0.25, -0.2) is 0 Å². The molecule has 15 heavy (non-hydrogen) atoms. The third-order valence-electron chi connectivity index (χ3n) is 2.32. The second-order valence-electron chi connectivity index (χ2n) is 3.22. The highest BCUT2D eigenvalue weighted by Crippen LogP contribution is 2.32. The Hall–Kier alpha value is -2.21. The van der Waals surface area contributed by atoms with Gasteiger partial charge in [0.1, 0.15) is 11.5 Å². The number of hydrogen-bond donors (Lipinski definition) is 1. The van der Waals surface area contributed by atoms with Crippen LogP contribution in [0.25, 0.3) is 11.3 Å². The molecule has 0 saturated carbocycles. The maximum absolute atomic E-state index is 9.57. The minimum Gasteiger partial charge on any atom is -0.508 e. The first kappa shape index (κ1) is 9.35. The molecule has 0 spiro atoms. The number of rotatable bonds is 1. The highest BCUT2D eigenvalue weighted by molar-refractivity contribution is 5.72. The van der Waals surface area contributed by atoms with Gasteiger partial charge in [-0.1, -0.05) is 0 Å². The van der Waals surface area contributed by atoms with Crippen LogP contribution < -0.4 is 0 Å². The van der Waals surface area contributed by atoms with Gasteiger partial charge in [0, 0.05) is 11.1 Å². The molecule has 0 aliphatic heterocycles. The largest absolute Gasteiger partial charge is 0.508 e. The Morgan fingerprint density at radius 1 is 1.33 bits per heavy atom. The van der Waals surface area contributed by atoms with E-state index in [4.69, 9.17) is 9.68 Å². The van der Waals surface area contributed by atoms with Crippen molar-refractivity contribution in [3.05, 3.63) is 41.7 Å². The molecule has 0 fully saturated rings. The standard InChI is InChI=1S/C12H9NO2/c1-8-10(14)5-4-9(7-13)12(8)11-3-2-6-15-11/h2-6,14H,1H3. The van der Waals surface area contributed by atoms with Crippen molar-refractivity contribution in [2.24, 2.45) is 0 Å². The first-order chi connectivity index (χ1) is 7.24. The van der Waals surface area contributed by atoms with Gasteiger partial charge in [0.2, 0.25) is 0 Å². The van der Waals surface area contributed by atoms with E-state index >= 15 is 0 Å². The van der Waals surface area contributed by atoms with Crippen molar-refractivity contribution in [3.8, 4) is 23.1 Å². The van der Waals surface area contributed by atoms with Gasteiger partial charge >= 0.3 is 0 Å². The van der Waals surface area contributed by atoms with Gasteiger partial charge in [-0.15, -0.1) is 0 Å². The number of hydrogen-bond acceptors (Lipinski definition) is 3. The van der Waals surface area contributed by atoms with Gasteiger partial charge in [-0.05, 0) is 31.2 Å². The Morgan fingerprint density at radius 3 is 2.73 bits per heavy atom. The number of nitrogens with zero attached hydrogens (tertiary/aromatic N) is 1. The van der Waals surface area contributed by atoms with Crippen molar-refractivity contribution in [1.29, 1.82) is 5.26 Å². The van der Waals surface area contributed by atoms with Gasteiger partial charge in [0.15, 0.2) is 0 Å². The van der Waals surface area contributed by atoms with Crippen LogP contribution in [0.2, 0.25) is 0 Å². The smallest absolute Gasteiger partial charge is 0.135 e. The Bertz CT molecular complexity index is 521. The number of aromatic hydroxyl groups is 1.